The normalized spacial score (nSPS) is 14.2. The van der Waals surface area contributed by atoms with Gasteiger partial charge in [-0.2, -0.15) is 0 Å². The van der Waals surface area contributed by atoms with Crippen LogP contribution in [0.15, 0.2) is 42.5 Å². The van der Waals surface area contributed by atoms with Crippen LogP contribution in [0.5, 0.6) is 0 Å². The van der Waals surface area contributed by atoms with Gasteiger partial charge in [0.1, 0.15) is 24.2 Å². The SMILES string of the molecule is C#CCCN(Cc1nc2ccc(C#Cc3ccc(-c4nc(C5CCCN5C(=O)CNC(=O)OC)[nH]c4CN)cc3)cc2[nH]1)C(=O)C(NC(=O)OC)C(C)C. The minimum Gasteiger partial charge on any atom is -0.453 e. The van der Waals surface area contributed by atoms with Crippen LogP contribution in [0.3, 0.4) is 0 Å². The number of aromatic amines is 2. The third kappa shape index (κ3) is 9.36. The molecular formula is C39H45N9O6. The number of aromatic nitrogens is 4. The van der Waals surface area contributed by atoms with E-state index < -0.39 is 18.2 Å². The lowest BCUT2D eigenvalue weighted by Crippen LogP contribution is -2.51. The van der Waals surface area contributed by atoms with Crippen molar-refractivity contribution in [1.29, 1.82) is 0 Å². The Morgan fingerprint density at radius 3 is 2.44 bits per heavy atom. The fourth-order valence-corrected chi connectivity index (χ4v) is 6.26. The van der Waals surface area contributed by atoms with Crippen LogP contribution >= 0.6 is 0 Å². The first-order valence-corrected chi connectivity index (χ1v) is 17.6. The monoisotopic (exact) mass is 735 g/mol. The highest BCUT2D eigenvalue weighted by molar-refractivity contribution is 5.86. The van der Waals surface area contributed by atoms with Gasteiger partial charge in [-0.1, -0.05) is 37.8 Å². The molecule has 15 heteroatoms. The predicted octanol–water partition coefficient (Wildman–Crippen LogP) is 3.56. The standard InChI is InChI=1S/C39H45N9O6/c1-6-7-18-47(37(50)34(24(2)3)46-39(52)54-5)23-32-42-28-17-14-26(20-29(28)43-32)11-10-25-12-15-27(16-13-25)35-30(21-40)44-36(45-35)31-9-8-19-48(31)33(49)22-41-38(51)53-4/h1,12-17,20,24,31,34H,7-9,18-19,21-23,40H2,2-5H3,(H,41,51)(H,42,43)(H,44,45)(H,46,52). The molecule has 15 nitrogen and oxygen atoms in total. The number of nitrogens with zero attached hydrogens (tertiary/aromatic N) is 4. The Morgan fingerprint density at radius 2 is 1.76 bits per heavy atom. The van der Waals surface area contributed by atoms with Crippen molar-refractivity contribution in [2.75, 3.05) is 33.9 Å². The molecule has 1 aliphatic rings. The van der Waals surface area contributed by atoms with Crippen molar-refractivity contribution in [1.82, 2.24) is 40.4 Å². The van der Waals surface area contributed by atoms with E-state index in [-0.39, 0.29) is 43.4 Å². The maximum Gasteiger partial charge on any atom is 0.407 e. The summed E-state index contributed by atoms with van der Waals surface area (Å²) in [6.07, 6.45) is 6.05. The molecule has 0 radical (unpaired) electrons. The summed E-state index contributed by atoms with van der Waals surface area (Å²) in [5, 5.41) is 5.07. The van der Waals surface area contributed by atoms with Gasteiger partial charge in [0, 0.05) is 42.7 Å². The number of ether oxygens (including phenoxy) is 2. The third-order valence-electron chi connectivity index (χ3n) is 9.07. The number of methoxy groups -OCH3 is 2. The second-order valence-corrected chi connectivity index (χ2v) is 13.1. The van der Waals surface area contributed by atoms with Crippen molar-refractivity contribution >= 4 is 35.0 Å². The van der Waals surface area contributed by atoms with E-state index >= 15 is 0 Å². The van der Waals surface area contributed by atoms with Crippen LogP contribution in [0, 0.1) is 30.1 Å². The third-order valence-corrected chi connectivity index (χ3v) is 9.07. The first-order valence-electron chi connectivity index (χ1n) is 17.6. The van der Waals surface area contributed by atoms with Crippen molar-refractivity contribution in [3.8, 4) is 35.4 Å². The van der Waals surface area contributed by atoms with E-state index in [1.165, 1.54) is 14.2 Å². The minimum atomic E-state index is -0.792. The summed E-state index contributed by atoms with van der Waals surface area (Å²) in [4.78, 5) is 69.2. The highest BCUT2D eigenvalue weighted by Gasteiger charge is 2.33. The van der Waals surface area contributed by atoms with E-state index in [9.17, 15) is 19.2 Å². The van der Waals surface area contributed by atoms with Crippen LogP contribution in [0.1, 0.15) is 67.6 Å². The maximum atomic E-state index is 13.5. The Labute approximate surface area is 313 Å². The summed E-state index contributed by atoms with van der Waals surface area (Å²) in [5.74, 6) is 9.53. The number of H-pyrrole nitrogens is 2. The fraction of sp³-hybridized carbons (Fsp3) is 0.385. The van der Waals surface area contributed by atoms with Gasteiger partial charge in [-0.05, 0) is 49.1 Å². The minimum absolute atomic E-state index is 0.160. The number of fused-ring (bicyclic) bond motifs is 1. The lowest BCUT2D eigenvalue weighted by Gasteiger charge is -2.28. The molecule has 2 aromatic carbocycles. The number of terminal acetylenes is 1. The van der Waals surface area contributed by atoms with Crippen LogP contribution < -0.4 is 16.4 Å². The number of alkyl carbamates (subject to hydrolysis) is 2. The summed E-state index contributed by atoms with van der Waals surface area (Å²) >= 11 is 0. The number of carbonyl (C=O) groups excluding carboxylic acids is 4. The maximum absolute atomic E-state index is 13.5. The molecule has 2 unspecified atom stereocenters. The van der Waals surface area contributed by atoms with Crippen LogP contribution in [0.2, 0.25) is 0 Å². The van der Waals surface area contributed by atoms with E-state index in [1.54, 1.807) is 9.80 Å². The number of nitrogens with one attached hydrogen (secondary N) is 4. The highest BCUT2D eigenvalue weighted by atomic mass is 16.5. The Kier molecular flexibility index (Phi) is 12.9. The number of likely N-dealkylation sites (tertiary alicyclic amines) is 1. The molecule has 5 rings (SSSR count). The van der Waals surface area contributed by atoms with Gasteiger partial charge in [0.25, 0.3) is 0 Å². The molecule has 1 fully saturated rings. The lowest BCUT2D eigenvalue weighted by molar-refractivity contribution is -0.135. The van der Waals surface area contributed by atoms with Gasteiger partial charge in [0.2, 0.25) is 11.8 Å². The summed E-state index contributed by atoms with van der Waals surface area (Å²) in [6.45, 7) is 4.78. The van der Waals surface area contributed by atoms with Crippen molar-refractivity contribution in [2.24, 2.45) is 11.7 Å². The Bertz CT molecular complexity index is 2090. The van der Waals surface area contributed by atoms with Crippen LogP contribution in [0.25, 0.3) is 22.3 Å². The molecule has 0 bridgehead atoms. The zero-order valence-electron chi connectivity index (χ0n) is 30.8. The van der Waals surface area contributed by atoms with Crippen LogP contribution in [0.4, 0.5) is 9.59 Å². The number of hydrogen-bond donors (Lipinski definition) is 5. The zero-order chi connectivity index (χ0) is 38.8. The molecule has 0 saturated carbocycles. The summed E-state index contributed by atoms with van der Waals surface area (Å²) in [6, 6.07) is 12.3. The molecular weight excluding hydrogens is 690 g/mol. The molecule has 6 N–H and O–H groups in total. The van der Waals surface area contributed by atoms with Gasteiger partial charge in [-0.3, -0.25) is 9.59 Å². The van der Waals surface area contributed by atoms with Gasteiger partial charge < -0.3 is 45.6 Å². The van der Waals surface area contributed by atoms with Crippen molar-refractivity contribution in [2.45, 2.75) is 58.3 Å². The topological polar surface area (TPSA) is 201 Å². The van der Waals surface area contributed by atoms with Gasteiger partial charge in [0.05, 0.1) is 49.2 Å². The smallest absolute Gasteiger partial charge is 0.407 e. The molecule has 1 saturated heterocycles. The van der Waals surface area contributed by atoms with E-state index in [4.69, 9.17) is 21.9 Å². The average Bonchev–Trinajstić information content (AvgIpc) is 3.94. The van der Waals surface area contributed by atoms with Crippen molar-refractivity contribution < 1.29 is 28.7 Å². The van der Waals surface area contributed by atoms with Gasteiger partial charge in [0.15, 0.2) is 0 Å². The average molecular weight is 736 g/mol. The number of benzene rings is 2. The fourth-order valence-electron chi connectivity index (χ4n) is 6.26. The first-order chi connectivity index (χ1) is 26.0. The molecule has 2 aromatic heterocycles. The molecule has 4 amide bonds. The molecule has 2 atom stereocenters. The van der Waals surface area contributed by atoms with Crippen LogP contribution in [-0.2, 0) is 32.2 Å². The van der Waals surface area contributed by atoms with Crippen molar-refractivity contribution in [3.05, 3.63) is 70.9 Å². The molecule has 0 spiro atoms. The number of nitrogens with two attached hydrogens (primary N) is 1. The molecule has 3 heterocycles. The summed E-state index contributed by atoms with van der Waals surface area (Å²) in [7, 11) is 2.50. The number of hydrogen-bond acceptors (Lipinski definition) is 9. The van der Waals surface area contributed by atoms with Gasteiger partial charge in [-0.25, -0.2) is 19.6 Å². The van der Waals surface area contributed by atoms with Gasteiger partial charge >= 0.3 is 12.2 Å². The molecule has 282 valence electrons. The Balaban J connectivity index is 1.28. The van der Waals surface area contributed by atoms with E-state index in [1.807, 2.05) is 56.3 Å². The number of amides is 4. The Morgan fingerprint density at radius 1 is 1.04 bits per heavy atom. The molecule has 1 aliphatic heterocycles. The summed E-state index contributed by atoms with van der Waals surface area (Å²) < 4.78 is 9.29. The molecule has 54 heavy (non-hydrogen) atoms. The number of carbonyl (C=O) groups is 4. The van der Waals surface area contributed by atoms with E-state index in [2.05, 4.69) is 48.1 Å². The summed E-state index contributed by atoms with van der Waals surface area (Å²) in [5.41, 5.74) is 11.4. The number of rotatable bonds is 12. The zero-order valence-corrected chi connectivity index (χ0v) is 30.8. The van der Waals surface area contributed by atoms with Crippen molar-refractivity contribution in [3.63, 3.8) is 0 Å². The molecule has 0 aliphatic carbocycles. The molecule has 4 aromatic rings. The lowest BCUT2D eigenvalue weighted by atomic mass is 10.0. The second-order valence-electron chi connectivity index (χ2n) is 13.1. The van der Waals surface area contributed by atoms with E-state index in [0.717, 1.165) is 46.3 Å². The largest absolute Gasteiger partial charge is 0.453 e. The first kappa shape index (κ1) is 38.9. The Hall–Kier alpha value is -6.32. The predicted molar refractivity (Wildman–Crippen MR) is 201 cm³/mol. The van der Waals surface area contributed by atoms with E-state index in [0.29, 0.717) is 36.9 Å². The quantitative estimate of drug-likeness (QED) is 0.135. The highest BCUT2D eigenvalue weighted by Crippen LogP contribution is 2.33. The second kappa shape index (κ2) is 17.9. The van der Waals surface area contributed by atoms with Crippen LogP contribution in [-0.4, -0.2) is 93.6 Å². The van der Waals surface area contributed by atoms with Gasteiger partial charge in [-0.15, -0.1) is 12.3 Å². The number of imidazole rings is 2.